The van der Waals surface area contributed by atoms with E-state index < -0.39 is 6.04 Å². The predicted octanol–water partition coefficient (Wildman–Crippen LogP) is 4.21. The van der Waals surface area contributed by atoms with E-state index in [1.165, 1.54) is 83.5 Å². The highest BCUT2D eigenvalue weighted by Gasteiger charge is 2.16. The Morgan fingerprint density at radius 1 is 0.739 bits per heavy atom. The molecule has 0 aliphatic rings. The summed E-state index contributed by atoms with van der Waals surface area (Å²) >= 11 is 0. The molecule has 23 heavy (non-hydrogen) atoms. The third kappa shape index (κ3) is 16.2. The summed E-state index contributed by atoms with van der Waals surface area (Å²) in [6.07, 6.45) is 20.4. The SMILES string of the molecule is CCCCCCCCCCCCCCCCCC(=O)C([NH2+])CO. The van der Waals surface area contributed by atoms with Gasteiger partial charge < -0.3 is 5.11 Å². The van der Waals surface area contributed by atoms with Gasteiger partial charge in [0.05, 0.1) is 0 Å². The number of nitrogens with two attached hydrogens (primary N) is 1. The van der Waals surface area contributed by atoms with Crippen molar-refractivity contribution in [3.8, 4) is 0 Å². The van der Waals surface area contributed by atoms with Gasteiger partial charge in [0.2, 0.25) is 6.04 Å². The number of ketones is 1. The number of Topliss-reactive ketones (excluding diaryl/α,β-unsaturated/α-hetero) is 1. The van der Waals surface area contributed by atoms with Crippen LogP contribution in [0.2, 0.25) is 0 Å². The topological polar surface area (TPSA) is 62.6 Å². The summed E-state index contributed by atoms with van der Waals surface area (Å²) in [6.45, 7) is 2.05. The van der Waals surface area contributed by atoms with Crippen LogP contribution in [-0.4, -0.2) is 23.5 Å². The zero-order chi connectivity index (χ0) is 17.2. The van der Waals surface area contributed by atoms with E-state index in [9.17, 15) is 4.79 Å². The van der Waals surface area contributed by atoms with Crippen molar-refractivity contribution >= 4 is 5.78 Å². The number of carbonyl (C=O) groups is 1. The first kappa shape index (κ1) is 22.6. The summed E-state index contributed by atoms with van der Waals surface area (Å²) in [6, 6.07) is -0.665. The van der Waals surface area contributed by atoms with Crippen molar-refractivity contribution < 1.29 is 15.6 Å². The molecule has 3 nitrogen and oxygen atoms in total. The Kier molecular flexibility index (Phi) is 17.6. The molecule has 0 heterocycles. The van der Waals surface area contributed by atoms with Gasteiger partial charge in [-0.1, -0.05) is 96.8 Å². The summed E-state index contributed by atoms with van der Waals surface area (Å²) in [5, 5.41) is 8.78. The lowest BCUT2D eigenvalue weighted by Crippen LogP contribution is -2.66. The molecular weight excluding hydrogens is 286 g/mol. The molecule has 1 unspecified atom stereocenters. The molecule has 0 aliphatic carbocycles. The van der Waals surface area contributed by atoms with Gasteiger partial charge in [-0.2, -0.15) is 5.73 Å². The highest BCUT2D eigenvalue weighted by atomic mass is 16.3. The van der Waals surface area contributed by atoms with Crippen molar-refractivity contribution in [3.05, 3.63) is 0 Å². The average molecular weight is 328 g/mol. The van der Waals surface area contributed by atoms with E-state index in [1.54, 1.807) is 0 Å². The van der Waals surface area contributed by atoms with Gasteiger partial charge in [0.15, 0.2) is 5.78 Å². The molecule has 0 aromatic carbocycles. The number of rotatable bonds is 18. The Balaban J connectivity index is 3.09. The second-order valence-electron chi connectivity index (χ2n) is 6.96. The van der Waals surface area contributed by atoms with E-state index in [2.05, 4.69) is 6.92 Å². The Morgan fingerprint density at radius 2 is 1.09 bits per heavy atom. The second-order valence-corrected chi connectivity index (χ2v) is 6.96. The fourth-order valence-electron chi connectivity index (χ4n) is 2.96. The fourth-order valence-corrected chi connectivity index (χ4v) is 2.96. The van der Waals surface area contributed by atoms with Crippen LogP contribution in [0.4, 0.5) is 0 Å². The van der Waals surface area contributed by atoms with Crippen molar-refractivity contribution in [2.75, 3.05) is 6.61 Å². The van der Waals surface area contributed by atoms with Crippen LogP contribution in [0.15, 0.2) is 0 Å². The van der Waals surface area contributed by atoms with Crippen molar-refractivity contribution in [1.82, 2.24) is 0 Å². The van der Waals surface area contributed by atoms with Gasteiger partial charge in [-0.05, 0) is 6.42 Å². The molecular formula is C20H41NO2+. The lowest BCUT2D eigenvalue weighted by atomic mass is 10.0. The maximum atomic E-state index is 11.4. The van der Waals surface area contributed by atoms with E-state index in [0.717, 1.165) is 12.8 Å². The molecule has 0 rings (SSSR count). The summed E-state index contributed by atoms with van der Waals surface area (Å²) in [5.41, 5.74) is 5.48. The molecule has 137 valence electrons. The first-order valence-corrected chi connectivity index (χ1v) is 10.1. The first-order valence-electron chi connectivity index (χ1n) is 10.1. The maximum absolute atomic E-state index is 11.4. The molecule has 0 saturated carbocycles. The minimum Gasteiger partial charge on any atom is -0.389 e. The van der Waals surface area contributed by atoms with Crippen LogP contribution in [0.25, 0.3) is 0 Å². The quantitative estimate of drug-likeness (QED) is 0.370. The predicted molar refractivity (Wildman–Crippen MR) is 97.4 cm³/mol. The largest absolute Gasteiger partial charge is 0.389 e. The summed E-state index contributed by atoms with van der Waals surface area (Å²) in [5.74, 6) is 0.00203. The van der Waals surface area contributed by atoms with Crippen LogP contribution in [0.3, 0.4) is 0 Å². The van der Waals surface area contributed by atoms with Crippen LogP contribution >= 0.6 is 0 Å². The van der Waals surface area contributed by atoms with E-state index in [1.807, 2.05) is 0 Å². The lowest BCUT2D eigenvalue weighted by molar-refractivity contribution is -0.408. The number of aliphatic hydroxyl groups excluding tert-OH is 1. The van der Waals surface area contributed by atoms with Gasteiger partial charge in [0.25, 0.3) is 0 Å². The highest BCUT2D eigenvalue weighted by Crippen LogP contribution is 2.13. The third-order valence-corrected chi connectivity index (χ3v) is 4.64. The van der Waals surface area contributed by atoms with Gasteiger partial charge in [-0.25, -0.2) is 0 Å². The average Bonchev–Trinajstić information content (AvgIpc) is 2.57. The fraction of sp³-hybridized carbons (Fsp3) is 0.950. The number of carbonyl (C=O) groups excluding carboxylic acids is 1. The standard InChI is InChI=1S/C20H41NO2/c1-2-3-4-5-6-7-8-9-10-11-12-13-14-15-16-17-20(23)19(21)18-22/h19,22H,2-18,21H2,1H3/q+1. The Morgan fingerprint density at radius 3 is 1.43 bits per heavy atom. The normalized spacial score (nSPS) is 12.5. The molecule has 1 atom stereocenters. The second kappa shape index (κ2) is 17.9. The molecule has 3 heteroatoms. The smallest absolute Gasteiger partial charge is 0.210 e. The minimum atomic E-state index is -0.665. The Hall–Kier alpha value is -0.410. The van der Waals surface area contributed by atoms with Crippen molar-refractivity contribution in [2.24, 2.45) is 0 Å². The molecule has 0 spiro atoms. The van der Waals surface area contributed by atoms with E-state index >= 15 is 0 Å². The van der Waals surface area contributed by atoms with Gasteiger partial charge in [-0.3, -0.25) is 4.79 Å². The van der Waals surface area contributed by atoms with Gasteiger partial charge in [0.1, 0.15) is 6.61 Å². The highest BCUT2D eigenvalue weighted by molar-refractivity contribution is 5.82. The molecule has 0 aromatic heterocycles. The van der Waals surface area contributed by atoms with Crippen molar-refractivity contribution in [2.45, 2.75) is 116 Å². The van der Waals surface area contributed by atoms with Crippen LogP contribution in [0.1, 0.15) is 110 Å². The molecule has 0 saturated heterocycles. The van der Waals surface area contributed by atoms with Gasteiger partial charge in [0, 0.05) is 6.42 Å². The zero-order valence-corrected chi connectivity index (χ0v) is 15.5. The number of aliphatic hydroxyl groups is 1. The van der Waals surface area contributed by atoms with Crippen LogP contribution in [-0.2, 0) is 4.79 Å². The van der Waals surface area contributed by atoms with Crippen LogP contribution < -0.4 is 5.73 Å². The van der Waals surface area contributed by atoms with Crippen LogP contribution in [0, 0.1) is 0 Å². The van der Waals surface area contributed by atoms with Crippen molar-refractivity contribution in [1.29, 1.82) is 0 Å². The molecule has 0 fully saturated rings. The molecule has 0 amide bonds. The Labute approximate surface area is 144 Å². The summed E-state index contributed by atoms with van der Waals surface area (Å²) in [7, 11) is 0. The first-order chi connectivity index (χ1) is 11.2. The molecule has 0 bridgehead atoms. The molecule has 0 aliphatic heterocycles. The van der Waals surface area contributed by atoms with Crippen molar-refractivity contribution in [3.63, 3.8) is 0 Å². The minimum absolute atomic E-state index is 0.00203. The molecule has 3 N–H and O–H groups in total. The molecule has 0 aromatic rings. The van der Waals surface area contributed by atoms with E-state index in [0.29, 0.717) is 6.42 Å². The lowest BCUT2D eigenvalue weighted by Gasteiger charge is -2.04. The zero-order valence-electron chi connectivity index (χ0n) is 15.5. The molecule has 1 radical (unpaired) electrons. The summed E-state index contributed by atoms with van der Waals surface area (Å²) < 4.78 is 0. The number of hydrogen-bond acceptors (Lipinski definition) is 3. The monoisotopic (exact) mass is 327 g/mol. The van der Waals surface area contributed by atoms with Gasteiger partial charge in [-0.15, -0.1) is 0 Å². The Bertz CT molecular complexity index is 256. The number of unbranched alkanes of at least 4 members (excludes halogenated alkanes) is 14. The van der Waals surface area contributed by atoms with E-state index in [4.69, 9.17) is 10.8 Å². The maximum Gasteiger partial charge on any atom is 0.210 e. The third-order valence-electron chi connectivity index (χ3n) is 4.64. The van der Waals surface area contributed by atoms with Gasteiger partial charge >= 0.3 is 0 Å². The van der Waals surface area contributed by atoms with E-state index in [-0.39, 0.29) is 12.4 Å². The summed E-state index contributed by atoms with van der Waals surface area (Å²) in [4.78, 5) is 11.4. The van der Waals surface area contributed by atoms with Crippen LogP contribution in [0.5, 0.6) is 0 Å². The number of hydrogen-bond donors (Lipinski definition) is 2.